The van der Waals surface area contributed by atoms with Crippen LogP contribution in [0.1, 0.15) is 143 Å². The van der Waals surface area contributed by atoms with Gasteiger partial charge in [0.05, 0.1) is 19.2 Å². The minimum absolute atomic E-state index is 0.0190. The Balaban J connectivity index is 1.28. The third-order valence-corrected chi connectivity index (χ3v) is 20.0. The van der Waals surface area contributed by atoms with Gasteiger partial charge in [-0.1, -0.05) is 160 Å². The van der Waals surface area contributed by atoms with Crippen molar-refractivity contribution in [1.29, 1.82) is 0 Å². The largest absolute Gasteiger partial charge is 0.335 e. The first-order valence-corrected chi connectivity index (χ1v) is 27.7. The number of para-hydroxylation sites is 1. The topological polar surface area (TPSA) is 9.72 Å². The minimum atomic E-state index is -1.71. The number of benzene rings is 5. The monoisotopic (exact) mass is 836 g/mol. The summed E-state index contributed by atoms with van der Waals surface area (Å²) in [5.74, 6) is 0. The number of hydrogen-bond acceptors (Lipinski definition) is 3. The SMILES string of the molecule is CC(C)(C)c1ccc(N2c3ccc(C(C)(C)C)cc3B3c4cc([Si](C)(C)C)cc5c4N(c4cc(N6c7ccccc7C7(C)CCCCC67C)cc2c43)C2(C)CCCCC52C)cc1. The minimum Gasteiger partial charge on any atom is -0.335 e. The van der Waals surface area contributed by atoms with Gasteiger partial charge in [0.25, 0.3) is 6.71 Å². The van der Waals surface area contributed by atoms with Crippen LogP contribution in [-0.2, 0) is 21.7 Å². The highest BCUT2D eigenvalue weighted by Crippen LogP contribution is 2.64. The maximum atomic E-state index is 2.97. The molecule has 0 radical (unpaired) electrons. The summed E-state index contributed by atoms with van der Waals surface area (Å²) >= 11 is 0. The molecular weight excluding hydrogens is 766 g/mol. The Morgan fingerprint density at radius 1 is 0.516 bits per heavy atom. The Kier molecular flexibility index (Phi) is 8.33. The average molecular weight is 836 g/mol. The van der Waals surface area contributed by atoms with Gasteiger partial charge in [0.2, 0.25) is 0 Å². The lowest BCUT2D eigenvalue weighted by Crippen LogP contribution is -2.65. The molecule has 3 nitrogen and oxygen atoms in total. The van der Waals surface area contributed by atoms with Crippen LogP contribution in [0.3, 0.4) is 0 Å². The van der Waals surface area contributed by atoms with Gasteiger partial charge in [-0.05, 0) is 125 Å². The molecule has 320 valence electrons. The molecule has 4 atom stereocenters. The third-order valence-electron chi connectivity index (χ3n) is 18.0. The summed E-state index contributed by atoms with van der Waals surface area (Å²) in [4.78, 5) is 8.49. The number of rotatable bonds is 3. The second-order valence-electron chi connectivity index (χ2n) is 24.5. The molecule has 0 bridgehead atoms. The van der Waals surface area contributed by atoms with Crippen molar-refractivity contribution in [3.63, 3.8) is 0 Å². The van der Waals surface area contributed by atoms with E-state index >= 15 is 0 Å². The molecule has 2 saturated carbocycles. The zero-order valence-corrected chi connectivity index (χ0v) is 41.2. The van der Waals surface area contributed by atoms with Gasteiger partial charge >= 0.3 is 0 Å². The summed E-state index contributed by atoms with van der Waals surface area (Å²) in [6, 6.07) is 37.4. The van der Waals surface area contributed by atoms with Crippen LogP contribution < -0.4 is 36.3 Å². The summed E-state index contributed by atoms with van der Waals surface area (Å²) < 4.78 is 0. The van der Waals surface area contributed by atoms with Crippen molar-refractivity contribution in [2.45, 2.75) is 173 Å². The standard InChI is InChI=1S/C57H70BN3Si/c1-52(2,3)37-22-25-39(26-23-37)59-47-27-24-38(53(4,5)6)32-44(47)58-45-36-41(62(11,12)13)35-43-51(45)61(57(10)31-19-17-29-55(43,57)8)49-34-40(33-48(59)50(49)58)60-46-21-15-14-20-42(46)54(7)28-16-18-30-56(54,60)9/h14-15,20-27,32-36H,16-19,28-31H2,1-13H3. The van der Waals surface area contributed by atoms with Crippen molar-refractivity contribution in [2.24, 2.45) is 0 Å². The summed E-state index contributed by atoms with van der Waals surface area (Å²) in [6.07, 6.45) is 9.99. The molecule has 0 spiro atoms. The fraction of sp³-hybridized carbons (Fsp3) is 0.474. The zero-order valence-electron chi connectivity index (χ0n) is 40.2. The van der Waals surface area contributed by atoms with Crippen molar-refractivity contribution in [1.82, 2.24) is 0 Å². The predicted octanol–water partition coefficient (Wildman–Crippen LogP) is 12.9. The van der Waals surface area contributed by atoms with Crippen molar-refractivity contribution in [3.05, 3.63) is 113 Å². The molecule has 2 fully saturated rings. The van der Waals surface area contributed by atoms with E-state index in [2.05, 4.69) is 195 Å². The second-order valence-corrected chi connectivity index (χ2v) is 29.6. The first-order chi connectivity index (χ1) is 29.1. The Morgan fingerprint density at radius 3 is 1.74 bits per heavy atom. The lowest BCUT2D eigenvalue weighted by molar-refractivity contribution is 0.194. The number of anilines is 7. The van der Waals surface area contributed by atoms with Crippen LogP contribution in [0, 0.1) is 0 Å². The van der Waals surface area contributed by atoms with E-state index < -0.39 is 8.07 Å². The molecule has 62 heavy (non-hydrogen) atoms. The molecule has 0 saturated heterocycles. The Morgan fingerprint density at radius 2 is 1.10 bits per heavy atom. The molecule has 0 amide bonds. The fourth-order valence-electron chi connectivity index (χ4n) is 13.8. The molecule has 11 rings (SSSR count). The molecule has 5 aromatic rings. The average Bonchev–Trinajstić information content (AvgIpc) is 3.56. The zero-order chi connectivity index (χ0) is 43.7. The van der Waals surface area contributed by atoms with E-state index in [0.717, 1.165) is 0 Å². The van der Waals surface area contributed by atoms with Gasteiger partial charge in [0, 0.05) is 50.6 Å². The number of fused-ring (bicyclic) bond motifs is 10. The third kappa shape index (κ3) is 5.18. The van der Waals surface area contributed by atoms with Gasteiger partial charge in [-0.15, -0.1) is 0 Å². The molecular formula is C57H70BN3Si. The Hall–Kier alpha value is -4.22. The van der Waals surface area contributed by atoms with Crippen molar-refractivity contribution in [3.8, 4) is 0 Å². The molecule has 5 heteroatoms. The quantitative estimate of drug-likeness (QED) is 0.164. The summed E-state index contributed by atoms with van der Waals surface area (Å²) in [5, 5.41) is 1.61. The molecule has 4 aliphatic heterocycles. The molecule has 0 N–H and O–H groups in total. The smallest absolute Gasteiger partial charge is 0.252 e. The molecule has 4 heterocycles. The van der Waals surface area contributed by atoms with Crippen LogP contribution in [-0.4, -0.2) is 25.9 Å². The van der Waals surface area contributed by atoms with Crippen LogP contribution >= 0.6 is 0 Å². The van der Waals surface area contributed by atoms with Gasteiger partial charge in [-0.25, -0.2) is 0 Å². The highest BCUT2D eigenvalue weighted by Gasteiger charge is 2.63. The van der Waals surface area contributed by atoms with E-state index in [1.54, 1.807) is 16.2 Å². The van der Waals surface area contributed by atoms with Crippen molar-refractivity contribution in [2.75, 3.05) is 14.7 Å². The van der Waals surface area contributed by atoms with E-state index in [-0.39, 0.29) is 39.5 Å². The maximum absolute atomic E-state index is 2.97. The lowest BCUT2D eigenvalue weighted by Gasteiger charge is -2.54. The van der Waals surface area contributed by atoms with Crippen molar-refractivity contribution < 1.29 is 0 Å². The number of nitrogens with zero attached hydrogens (tertiary/aromatic N) is 3. The highest BCUT2D eigenvalue weighted by molar-refractivity contribution is 7.01. The van der Waals surface area contributed by atoms with Gasteiger partial charge in [-0.3, -0.25) is 0 Å². The van der Waals surface area contributed by atoms with Crippen LogP contribution in [0.15, 0.2) is 91.0 Å². The van der Waals surface area contributed by atoms with Gasteiger partial charge in [0.15, 0.2) is 0 Å². The van der Waals surface area contributed by atoms with Gasteiger partial charge in [0.1, 0.15) is 0 Å². The maximum Gasteiger partial charge on any atom is 0.252 e. The number of hydrogen-bond donors (Lipinski definition) is 0. The van der Waals surface area contributed by atoms with E-state index in [4.69, 9.17) is 0 Å². The summed E-state index contributed by atoms with van der Waals surface area (Å²) in [5.41, 5.74) is 20.2. The van der Waals surface area contributed by atoms with Crippen LogP contribution in [0.5, 0.6) is 0 Å². The lowest BCUT2D eigenvalue weighted by atomic mass is 9.33. The van der Waals surface area contributed by atoms with Crippen LogP contribution in [0.2, 0.25) is 19.6 Å². The van der Waals surface area contributed by atoms with Gasteiger partial charge < -0.3 is 14.7 Å². The van der Waals surface area contributed by atoms with E-state index in [1.165, 1.54) is 119 Å². The second kappa shape index (κ2) is 12.7. The van der Waals surface area contributed by atoms with E-state index in [0.29, 0.717) is 0 Å². The molecule has 2 aliphatic carbocycles. The normalized spacial score (nSPS) is 27.0. The van der Waals surface area contributed by atoms with Gasteiger partial charge in [-0.2, -0.15) is 0 Å². The van der Waals surface area contributed by atoms with Crippen LogP contribution in [0.4, 0.5) is 39.8 Å². The molecule has 5 aromatic carbocycles. The highest BCUT2D eigenvalue weighted by atomic mass is 28.3. The van der Waals surface area contributed by atoms with E-state index in [1.807, 2.05) is 0 Å². The van der Waals surface area contributed by atoms with E-state index in [9.17, 15) is 0 Å². The molecule has 6 aliphatic rings. The summed E-state index contributed by atoms with van der Waals surface area (Å²) in [7, 11) is -1.71. The fourth-order valence-corrected chi connectivity index (χ4v) is 15.0. The van der Waals surface area contributed by atoms with Crippen LogP contribution in [0.25, 0.3) is 0 Å². The predicted molar refractivity (Wildman–Crippen MR) is 272 cm³/mol. The first kappa shape index (κ1) is 40.5. The Labute approximate surface area is 375 Å². The first-order valence-electron chi connectivity index (χ1n) is 24.2. The van der Waals surface area contributed by atoms with Crippen molar-refractivity contribution >= 4 is 76.2 Å². The molecule has 0 aromatic heterocycles. The Bertz CT molecular complexity index is 2700. The summed E-state index contributed by atoms with van der Waals surface area (Å²) in [6.45, 7) is 32.5. The molecule has 4 unspecified atom stereocenters.